The second kappa shape index (κ2) is 10.2. The number of nitrogens with zero attached hydrogens (tertiary/aromatic N) is 3. The molecule has 1 amide bonds. The number of halogens is 1. The summed E-state index contributed by atoms with van der Waals surface area (Å²) in [5, 5.41) is 2.26. The summed E-state index contributed by atoms with van der Waals surface area (Å²) < 4.78 is 33.1. The molecule has 2 heterocycles. The van der Waals surface area contributed by atoms with E-state index in [9.17, 15) is 13.2 Å². The van der Waals surface area contributed by atoms with Crippen LogP contribution in [0.3, 0.4) is 0 Å². The predicted octanol–water partition coefficient (Wildman–Crippen LogP) is 3.36. The number of ether oxygens (including phenoxy) is 1. The topological polar surface area (TPSA) is 70.2 Å². The highest BCUT2D eigenvalue weighted by Gasteiger charge is 2.33. The average molecular weight is 514 g/mol. The lowest BCUT2D eigenvalue weighted by Crippen LogP contribution is -2.51. The van der Waals surface area contributed by atoms with Gasteiger partial charge in [0, 0.05) is 44.3 Å². The van der Waals surface area contributed by atoms with Crippen LogP contribution in [0.4, 0.5) is 0 Å². The number of fused-ring (bicyclic) bond motifs is 1. The Balaban J connectivity index is 1.21. The lowest BCUT2D eigenvalue weighted by molar-refractivity contribution is -0.134. The van der Waals surface area contributed by atoms with Crippen LogP contribution in [0.1, 0.15) is 11.1 Å². The lowest BCUT2D eigenvalue weighted by Gasteiger charge is -2.33. The van der Waals surface area contributed by atoms with Crippen LogP contribution >= 0.6 is 11.6 Å². The van der Waals surface area contributed by atoms with Gasteiger partial charge in [-0.25, -0.2) is 8.42 Å². The molecule has 0 radical (unpaired) electrons. The quantitative estimate of drug-likeness (QED) is 0.505. The summed E-state index contributed by atoms with van der Waals surface area (Å²) in [7, 11) is -3.77. The van der Waals surface area contributed by atoms with Crippen molar-refractivity contribution in [3.05, 3.63) is 76.8 Å². The fourth-order valence-corrected chi connectivity index (χ4v) is 6.15. The number of benzene rings is 3. The van der Waals surface area contributed by atoms with Crippen molar-refractivity contribution < 1.29 is 17.9 Å². The van der Waals surface area contributed by atoms with E-state index in [0.717, 1.165) is 49.2 Å². The predicted molar refractivity (Wildman–Crippen MR) is 136 cm³/mol. The standard InChI is InChI=1S/C26H28ClN3O4S/c27-24-7-5-23-16-25(8-6-22(23)15-24)35(32,33)30-10-9-29(26(31)19-30)18-21-3-1-20(2-4-21)17-28-11-13-34-14-12-28/h1-8,15-16H,9-14,17-19H2. The van der Waals surface area contributed by atoms with Crippen LogP contribution in [-0.2, 0) is 32.6 Å². The zero-order valence-electron chi connectivity index (χ0n) is 19.4. The number of hydrogen-bond donors (Lipinski definition) is 0. The van der Waals surface area contributed by atoms with Crippen molar-refractivity contribution in [1.82, 2.24) is 14.1 Å². The molecule has 5 rings (SSSR count). The lowest BCUT2D eigenvalue weighted by atomic mass is 10.1. The second-order valence-corrected chi connectivity index (χ2v) is 11.4. The third kappa shape index (κ3) is 5.52. The number of morpholine rings is 1. The molecule has 35 heavy (non-hydrogen) atoms. The van der Waals surface area contributed by atoms with Crippen LogP contribution < -0.4 is 0 Å². The monoisotopic (exact) mass is 513 g/mol. The Morgan fingerprint density at radius 2 is 1.46 bits per heavy atom. The van der Waals surface area contributed by atoms with Crippen molar-refractivity contribution in [2.24, 2.45) is 0 Å². The summed E-state index contributed by atoms with van der Waals surface area (Å²) in [6.45, 7) is 5.26. The number of amides is 1. The second-order valence-electron chi connectivity index (χ2n) is 9.01. The normalized spacial score (nSPS) is 18.3. The first-order valence-corrected chi connectivity index (χ1v) is 13.6. The summed E-state index contributed by atoms with van der Waals surface area (Å²) in [6, 6.07) is 18.6. The average Bonchev–Trinajstić information content (AvgIpc) is 2.86. The number of carbonyl (C=O) groups excluding carboxylic acids is 1. The van der Waals surface area contributed by atoms with Gasteiger partial charge >= 0.3 is 0 Å². The number of piperazine rings is 1. The van der Waals surface area contributed by atoms with Crippen molar-refractivity contribution >= 4 is 38.3 Å². The molecule has 2 saturated heterocycles. The van der Waals surface area contributed by atoms with Crippen LogP contribution in [-0.4, -0.2) is 74.4 Å². The Morgan fingerprint density at radius 3 is 2.17 bits per heavy atom. The van der Waals surface area contributed by atoms with E-state index in [2.05, 4.69) is 17.0 Å². The van der Waals surface area contributed by atoms with E-state index in [-0.39, 0.29) is 23.9 Å². The summed E-state index contributed by atoms with van der Waals surface area (Å²) in [6.07, 6.45) is 0. The van der Waals surface area contributed by atoms with Gasteiger partial charge in [-0.15, -0.1) is 0 Å². The number of hydrogen-bond acceptors (Lipinski definition) is 5. The van der Waals surface area contributed by atoms with E-state index in [4.69, 9.17) is 16.3 Å². The van der Waals surface area contributed by atoms with Gasteiger partial charge in [0.25, 0.3) is 0 Å². The maximum absolute atomic E-state index is 13.2. The van der Waals surface area contributed by atoms with Crippen molar-refractivity contribution in [3.8, 4) is 0 Å². The molecule has 184 valence electrons. The van der Waals surface area contributed by atoms with Gasteiger partial charge in [0.2, 0.25) is 15.9 Å². The highest BCUT2D eigenvalue weighted by molar-refractivity contribution is 7.89. The molecule has 0 aromatic heterocycles. The minimum atomic E-state index is -3.77. The highest BCUT2D eigenvalue weighted by Crippen LogP contribution is 2.25. The molecule has 0 atom stereocenters. The number of sulfonamides is 1. The van der Waals surface area contributed by atoms with E-state index >= 15 is 0 Å². The van der Waals surface area contributed by atoms with Crippen molar-refractivity contribution in [1.29, 1.82) is 0 Å². The van der Waals surface area contributed by atoms with Gasteiger partial charge in [0.05, 0.1) is 24.7 Å². The number of carbonyl (C=O) groups is 1. The van der Waals surface area contributed by atoms with Gasteiger partial charge in [-0.2, -0.15) is 4.31 Å². The Kier molecular flexibility index (Phi) is 7.09. The molecular formula is C26H28ClN3O4S. The van der Waals surface area contributed by atoms with Gasteiger partial charge < -0.3 is 9.64 Å². The molecule has 2 aliphatic rings. The van der Waals surface area contributed by atoms with Crippen molar-refractivity contribution in [2.45, 2.75) is 18.0 Å². The van der Waals surface area contributed by atoms with Gasteiger partial charge in [0.1, 0.15) is 0 Å². The molecular weight excluding hydrogens is 486 g/mol. The molecule has 0 spiro atoms. The minimum absolute atomic E-state index is 0.157. The largest absolute Gasteiger partial charge is 0.379 e. The van der Waals surface area contributed by atoms with E-state index in [0.29, 0.717) is 18.1 Å². The molecule has 0 unspecified atom stereocenters. The summed E-state index contributed by atoms with van der Waals surface area (Å²) in [5.74, 6) is -0.190. The van der Waals surface area contributed by atoms with E-state index in [1.165, 1.54) is 9.87 Å². The van der Waals surface area contributed by atoms with Crippen LogP contribution in [0.15, 0.2) is 65.6 Å². The Morgan fingerprint density at radius 1 is 0.800 bits per heavy atom. The van der Waals surface area contributed by atoms with Crippen LogP contribution in [0, 0.1) is 0 Å². The fraction of sp³-hybridized carbons (Fsp3) is 0.346. The zero-order valence-corrected chi connectivity index (χ0v) is 21.0. The van der Waals surface area contributed by atoms with Gasteiger partial charge in [0.15, 0.2) is 0 Å². The molecule has 7 nitrogen and oxygen atoms in total. The number of rotatable bonds is 6. The zero-order chi connectivity index (χ0) is 24.4. The summed E-state index contributed by atoms with van der Waals surface area (Å²) in [5.41, 5.74) is 2.27. The Labute approximate surface area is 210 Å². The first-order chi connectivity index (χ1) is 16.9. The van der Waals surface area contributed by atoms with Crippen molar-refractivity contribution in [3.63, 3.8) is 0 Å². The SMILES string of the molecule is O=C1CN(S(=O)(=O)c2ccc3cc(Cl)ccc3c2)CCN1Cc1ccc(CN2CCOCC2)cc1. The maximum atomic E-state index is 13.2. The third-order valence-corrected chi connectivity index (χ3v) is 8.68. The molecule has 3 aromatic rings. The molecule has 2 aliphatic heterocycles. The van der Waals surface area contributed by atoms with E-state index < -0.39 is 10.0 Å². The third-order valence-electron chi connectivity index (χ3n) is 6.60. The fourth-order valence-electron chi connectivity index (χ4n) is 4.55. The van der Waals surface area contributed by atoms with Gasteiger partial charge in [-0.3, -0.25) is 9.69 Å². The van der Waals surface area contributed by atoms with Crippen LogP contribution in [0.2, 0.25) is 5.02 Å². The first kappa shape index (κ1) is 24.2. The molecule has 0 saturated carbocycles. The molecule has 0 bridgehead atoms. The smallest absolute Gasteiger partial charge is 0.243 e. The van der Waals surface area contributed by atoms with Crippen LogP contribution in [0.25, 0.3) is 10.8 Å². The molecule has 0 aliphatic carbocycles. The minimum Gasteiger partial charge on any atom is -0.379 e. The van der Waals surface area contributed by atoms with Crippen LogP contribution in [0.5, 0.6) is 0 Å². The first-order valence-electron chi connectivity index (χ1n) is 11.7. The molecule has 0 N–H and O–H groups in total. The maximum Gasteiger partial charge on any atom is 0.243 e. The Hall–Kier alpha value is -2.49. The van der Waals surface area contributed by atoms with Crippen molar-refractivity contribution in [2.75, 3.05) is 45.9 Å². The van der Waals surface area contributed by atoms with E-state index in [1.54, 1.807) is 41.3 Å². The summed E-state index contributed by atoms with van der Waals surface area (Å²) in [4.78, 5) is 17.1. The van der Waals surface area contributed by atoms with Gasteiger partial charge in [-0.1, -0.05) is 48.0 Å². The molecule has 9 heteroatoms. The Bertz CT molecular complexity index is 1320. The molecule has 3 aromatic carbocycles. The highest BCUT2D eigenvalue weighted by atomic mass is 35.5. The van der Waals surface area contributed by atoms with Gasteiger partial charge in [-0.05, 0) is 46.2 Å². The summed E-state index contributed by atoms with van der Waals surface area (Å²) >= 11 is 6.03. The molecule has 2 fully saturated rings. The van der Waals surface area contributed by atoms with E-state index in [1.807, 2.05) is 12.1 Å².